The van der Waals surface area contributed by atoms with Crippen molar-refractivity contribution in [1.29, 1.82) is 0 Å². The molecule has 0 amide bonds. The van der Waals surface area contributed by atoms with E-state index in [1.807, 2.05) is 0 Å². The number of nitrogens with one attached hydrogen (secondary N) is 1. The highest BCUT2D eigenvalue weighted by atomic mass is 16.5. The number of ether oxygens (including phenoxy) is 1. The molecule has 116 valence electrons. The van der Waals surface area contributed by atoms with E-state index in [2.05, 4.69) is 41.5 Å². The van der Waals surface area contributed by atoms with Gasteiger partial charge in [-0.15, -0.1) is 0 Å². The van der Waals surface area contributed by atoms with Crippen molar-refractivity contribution in [3.05, 3.63) is 35.4 Å². The Labute approximate surface area is 128 Å². The van der Waals surface area contributed by atoms with Crippen molar-refractivity contribution in [2.24, 2.45) is 0 Å². The first-order valence-electron chi connectivity index (χ1n) is 8.41. The molecule has 1 aromatic rings. The van der Waals surface area contributed by atoms with Crippen molar-refractivity contribution in [3.63, 3.8) is 0 Å². The predicted molar refractivity (Wildman–Crippen MR) is 86.2 cm³/mol. The molecule has 1 aliphatic heterocycles. The summed E-state index contributed by atoms with van der Waals surface area (Å²) in [6.45, 7) is 3.86. The Kier molecular flexibility index (Phi) is 5.28. The Morgan fingerprint density at radius 1 is 1.19 bits per heavy atom. The van der Waals surface area contributed by atoms with E-state index in [0.717, 1.165) is 31.8 Å². The minimum Gasteiger partial charge on any atom is -0.377 e. The van der Waals surface area contributed by atoms with Crippen molar-refractivity contribution >= 4 is 0 Å². The molecule has 1 N–H and O–H groups in total. The van der Waals surface area contributed by atoms with Crippen molar-refractivity contribution in [3.8, 4) is 0 Å². The summed E-state index contributed by atoms with van der Waals surface area (Å²) in [5.74, 6) is 0. The van der Waals surface area contributed by atoms with E-state index in [9.17, 15) is 0 Å². The molecule has 3 nitrogen and oxygen atoms in total. The van der Waals surface area contributed by atoms with Crippen LogP contribution in [0.2, 0.25) is 0 Å². The Morgan fingerprint density at radius 3 is 2.71 bits per heavy atom. The van der Waals surface area contributed by atoms with E-state index in [0.29, 0.717) is 0 Å². The van der Waals surface area contributed by atoms with Gasteiger partial charge in [0.1, 0.15) is 0 Å². The molecule has 1 saturated heterocycles. The van der Waals surface area contributed by atoms with Gasteiger partial charge in [0.25, 0.3) is 0 Å². The minimum atomic E-state index is 0.733. The zero-order valence-corrected chi connectivity index (χ0v) is 13.2. The third-order valence-corrected chi connectivity index (χ3v) is 4.80. The molecule has 0 bridgehead atoms. The van der Waals surface area contributed by atoms with E-state index >= 15 is 0 Å². The fourth-order valence-corrected chi connectivity index (χ4v) is 3.16. The summed E-state index contributed by atoms with van der Waals surface area (Å²) in [5.41, 5.74) is 2.73. The van der Waals surface area contributed by atoms with Gasteiger partial charge in [-0.1, -0.05) is 24.3 Å². The molecule has 1 unspecified atom stereocenters. The fraction of sp³-hybridized carbons (Fsp3) is 0.667. The average Bonchev–Trinajstić information content (AvgIpc) is 3.25. The van der Waals surface area contributed by atoms with Crippen LogP contribution in [0, 0.1) is 0 Å². The zero-order valence-electron chi connectivity index (χ0n) is 13.2. The van der Waals surface area contributed by atoms with Gasteiger partial charge in [-0.05, 0) is 56.8 Å². The fourth-order valence-electron chi connectivity index (χ4n) is 3.16. The largest absolute Gasteiger partial charge is 0.377 e. The second-order valence-corrected chi connectivity index (χ2v) is 6.54. The molecule has 1 aliphatic carbocycles. The predicted octanol–water partition coefficient (Wildman–Crippen LogP) is 2.94. The Balaban J connectivity index is 1.41. The van der Waals surface area contributed by atoms with Gasteiger partial charge in [0, 0.05) is 25.2 Å². The third kappa shape index (κ3) is 4.53. The Bertz CT molecular complexity index is 445. The standard InChI is InChI=1S/C18H28N2O/c1-20-11-4-7-18(20)10-12-21-14-16-6-3-2-5-15(16)13-19-17-8-9-17/h2-3,5-6,17-19H,4,7-14H2,1H3. The maximum atomic E-state index is 5.94. The summed E-state index contributed by atoms with van der Waals surface area (Å²) in [6, 6.07) is 10.2. The maximum Gasteiger partial charge on any atom is 0.0720 e. The molecule has 3 rings (SSSR count). The van der Waals surface area contributed by atoms with E-state index in [4.69, 9.17) is 4.74 Å². The van der Waals surface area contributed by atoms with Crippen molar-refractivity contribution in [1.82, 2.24) is 10.2 Å². The molecular formula is C18H28N2O. The normalized spacial score (nSPS) is 22.8. The smallest absolute Gasteiger partial charge is 0.0720 e. The minimum absolute atomic E-state index is 0.733. The van der Waals surface area contributed by atoms with Crippen LogP contribution in [0.15, 0.2) is 24.3 Å². The molecule has 1 saturated carbocycles. The van der Waals surface area contributed by atoms with Crippen molar-refractivity contribution in [2.45, 2.75) is 57.3 Å². The van der Waals surface area contributed by atoms with Crippen LogP contribution in [-0.2, 0) is 17.9 Å². The number of likely N-dealkylation sites (tertiary alicyclic amines) is 1. The summed E-state index contributed by atoms with van der Waals surface area (Å²) in [7, 11) is 2.23. The van der Waals surface area contributed by atoms with Crippen LogP contribution in [0.5, 0.6) is 0 Å². The van der Waals surface area contributed by atoms with Crippen LogP contribution in [-0.4, -0.2) is 37.2 Å². The van der Waals surface area contributed by atoms with Crippen LogP contribution >= 0.6 is 0 Å². The van der Waals surface area contributed by atoms with Gasteiger partial charge in [0.05, 0.1) is 6.61 Å². The molecule has 2 fully saturated rings. The van der Waals surface area contributed by atoms with Gasteiger partial charge in [-0.3, -0.25) is 0 Å². The monoisotopic (exact) mass is 288 g/mol. The van der Waals surface area contributed by atoms with Crippen molar-refractivity contribution in [2.75, 3.05) is 20.2 Å². The first-order valence-corrected chi connectivity index (χ1v) is 8.41. The van der Waals surface area contributed by atoms with Crippen LogP contribution in [0.3, 0.4) is 0 Å². The van der Waals surface area contributed by atoms with Gasteiger partial charge in [0.2, 0.25) is 0 Å². The number of hydrogen-bond acceptors (Lipinski definition) is 3. The third-order valence-electron chi connectivity index (χ3n) is 4.80. The highest BCUT2D eigenvalue weighted by Gasteiger charge is 2.21. The van der Waals surface area contributed by atoms with Crippen molar-refractivity contribution < 1.29 is 4.74 Å². The molecule has 1 aromatic carbocycles. The topological polar surface area (TPSA) is 24.5 Å². The second kappa shape index (κ2) is 7.39. The highest BCUT2D eigenvalue weighted by molar-refractivity contribution is 5.26. The molecule has 0 aromatic heterocycles. The molecule has 2 aliphatic rings. The number of rotatable bonds is 8. The van der Waals surface area contributed by atoms with E-state index < -0.39 is 0 Å². The summed E-state index contributed by atoms with van der Waals surface area (Å²) in [4.78, 5) is 2.47. The Hall–Kier alpha value is -0.900. The van der Waals surface area contributed by atoms with Crippen LogP contribution in [0.1, 0.15) is 43.2 Å². The quantitative estimate of drug-likeness (QED) is 0.744. The van der Waals surface area contributed by atoms with E-state index in [1.54, 1.807) is 0 Å². The molecule has 3 heteroatoms. The molecule has 21 heavy (non-hydrogen) atoms. The number of benzene rings is 1. The number of hydrogen-bond donors (Lipinski definition) is 1. The number of nitrogens with zero attached hydrogens (tertiary/aromatic N) is 1. The Morgan fingerprint density at radius 2 is 2.00 bits per heavy atom. The lowest BCUT2D eigenvalue weighted by molar-refractivity contribution is 0.101. The SMILES string of the molecule is CN1CCCC1CCOCc1ccccc1CNC1CC1. The molecule has 1 heterocycles. The molecule has 0 spiro atoms. The molecular weight excluding hydrogens is 260 g/mol. The lowest BCUT2D eigenvalue weighted by Gasteiger charge is -2.19. The summed E-state index contributed by atoms with van der Waals surface area (Å²) in [5, 5.41) is 3.59. The molecule has 1 atom stereocenters. The van der Waals surface area contributed by atoms with Gasteiger partial charge in [-0.2, -0.15) is 0 Å². The zero-order chi connectivity index (χ0) is 14.5. The summed E-state index contributed by atoms with van der Waals surface area (Å²) >= 11 is 0. The summed E-state index contributed by atoms with van der Waals surface area (Å²) < 4.78 is 5.94. The average molecular weight is 288 g/mol. The van der Waals surface area contributed by atoms with Gasteiger partial charge >= 0.3 is 0 Å². The first kappa shape index (κ1) is 15.0. The maximum absolute atomic E-state index is 5.94. The first-order chi connectivity index (χ1) is 10.3. The van der Waals surface area contributed by atoms with Crippen LogP contribution < -0.4 is 5.32 Å². The van der Waals surface area contributed by atoms with E-state index in [1.165, 1.54) is 49.8 Å². The van der Waals surface area contributed by atoms with Crippen LogP contribution in [0.4, 0.5) is 0 Å². The van der Waals surface area contributed by atoms with E-state index in [-0.39, 0.29) is 0 Å². The van der Waals surface area contributed by atoms with Gasteiger partial charge < -0.3 is 15.0 Å². The lowest BCUT2D eigenvalue weighted by atomic mass is 10.1. The second-order valence-electron chi connectivity index (χ2n) is 6.54. The summed E-state index contributed by atoms with van der Waals surface area (Å²) in [6.07, 6.45) is 6.53. The highest BCUT2D eigenvalue weighted by Crippen LogP contribution is 2.21. The molecule has 0 radical (unpaired) electrons. The lowest BCUT2D eigenvalue weighted by Crippen LogP contribution is -2.26. The van der Waals surface area contributed by atoms with Gasteiger partial charge in [0.15, 0.2) is 0 Å². The van der Waals surface area contributed by atoms with Crippen LogP contribution in [0.25, 0.3) is 0 Å². The van der Waals surface area contributed by atoms with Gasteiger partial charge in [-0.25, -0.2) is 0 Å².